The number of H-pyrrole nitrogens is 1. The number of hydrogen-bond acceptors (Lipinski definition) is 3. The first-order valence-electron chi connectivity index (χ1n) is 6.26. The highest BCUT2D eigenvalue weighted by Crippen LogP contribution is 2.02. The highest BCUT2D eigenvalue weighted by molar-refractivity contribution is 4.94. The lowest BCUT2D eigenvalue weighted by molar-refractivity contribution is 0.132. The largest absolute Gasteiger partial charge is 0.381 e. The lowest BCUT2D eigenvalue weighted by atomic mass is 10.1. The summed E-state index contributed by atoms with van der Waals surface area (Å²) in [5, 5.41) is 10.2. The van der Waals surface area contributed by atoms with E-state index >= 15 is 0 Å². The van der Waals surface area contributed by atoms with Crippen molar-refractivity contribution in [2.24, 2.45) is 0 Å². The average Bonchev–Trinajstić information content (AvgIpc) is 2.85. The molecule has 0 spiro atoms. The molecule has 0 aliphatic rings. The minimum Gasteiger partial charge on any atom is -0.381 e. The predicted octanol–water partition coefficient (Wildman–Crippen LogP) is 2.34. The quantitative estimate of drug-likeness (QED) is 0.528. The normalized spacial score (nSPS) is 9.94. The van der Waals surface area contributed by atoms with E-state index in [1.165, 1.54) is 19.3 Å². The fourth-order valence-electron chi connectivity index (χ4n) is 1.52. The zero-order valence-electron chi connectivity index (χ0n) is 10.5. The van der Waals surface area contributed by atoms with E-state index in [2.05, 4.69) is 27.3 Å². The standard InChI is InChI=1S/C13H21N3O/c1-2-3-4-5-6-7-8-10-17-11-9-13-12-14-16-15-13/h12H,4-11H2,1H3,(H,14,15,16). The number of aromatic amines is 1. The molecule has 1 heterocycles. The Kier molecular flexibility index (Phi) is 7.96. The first-order valence-corrected chi connectivity index (χ1v) is 6.26. The van der Waals surface area contributed by atoms with Crippen LogP contribution in [-0.4, -0.2) is 28.6 Å². The molecule has 1 N–H and O–H groups in total. The molecule has 0 bridgehead atoms. The van der Waals surface area contributed by atoms with E-state index in [1.54, 1.807) is 6.20 Å². The van der Waals surface area contributed by atoms with E-state index < -0.39 is 0 Å². The molecule has 0 aromatic carbocycles. The van der Waals surface area contributed by atoms with Gasteiger partial charge in [-0.2, -0.15) is 0 Å². The highest BCUT2D eigenvalue weighted by Gasteiger charge is 1.95. The number of hydrogen-bond donors (Lipinski definition) is 1. The summed E-state index contributed by atoms with van der Waals surface area (Å²) in [6.07, 6.45) is 8.50. The summed E-state index contributed by atoms with van der Waals surface area (Å²) >= 11 is 0. The Bertz CT molecular complexity index is 324. The van der Waals surface area contributed by atoms with E-state index in [9.17, 15) is 0 Å². The SMILES string of the molecule is CC#CCCCCCCOCCc1c[nH]nn1. The van der Waals surface area contributed by atoms with Crippen LogP contribution in [0.3, 0.4) is 0 Å². The molecule has 0 amide bonds. The van der Waals surface area contributed by atoms with Crippen molar-refractivity contribution in [1.29, 1.82) is 0 Å². The van der Waals surface area contributed by atoms with Gasteiger partial charge in [0.25, 0.3) is 0 Å². The molecule has 0 radical (unpaired) electrons. The van der Waals surface area contributed by atoms with Gasteiger partial charge in [-0.15, -0.1) is 16.9 Å². The predicted molar refractivity (Wildman–Crippen MR) is 67.4 cm³/mol. The Labute approximate surface area is 103 Å². The fourth-order valence-corrected chi connectivity index (χ4v) is 1.52. The van der Waals surface area contributed by atoms with E-state index in [0.29, 0.717) is 0 Å². The minimum atomic E-state index is 0.730. The second kappa shape index (κ2) is 9.86. The number of nitrogens with zero attached hydrogens (tertiary/aromatic N) is 2. The summed E-state index contributed by atoms with van der Waals surface area (Å²) in [5.74, 6) is 5.99. The van der Waals surface area contributed by atoms with Crippen molar-refractivity contribution in [3.63, 3.8) is 0 Å². The van der Waals surface area contributed by atoms with Crippen LogP contribution < -0.4 is 0 Å². The van der Waals surface area contributed by atoms with Gasteiger partial charge in [0.2, 0.25) is 0 Å². The zero-order valence-corrected chi connectivity index (χ0v) is 10.5. The average molecular weight is 235 g/mol. The van der Waals surface area contributed by atoms with Crippen LogP contribution in [0.25, 0.3) is 0 Å². The van der Waals surface area contributed by atoms with Gasteiger partial charge in [0.15, 0.2) is 0 Å². The Morgan fingerprint density at radius 1 is 1.24 bits per heavy atom. The molecule has 0 saturated heterocycles. The van der Waals surface area contributed by atoms with E-state index in [0.717, 1.165) is 38.2 Å². The van der Waals surface area contributed by atoms with Gasteiger partial charge < -0.3 is 4.74 Å². The van der Waals surface area contributed by atoms with Crippen molar-refractivity contribution in [2.75, 3.05) is 13.2 Å². The zero-order chi connectivity index (χ0) is 12.2. The maximum Gasteiger partial charge on any atom is 0.0847 e. The first kappa shape index (κ1) is 13.7. The maximum absolute atomic E-state index is 5.53. The molecule has 0 saturated carbocycles. The van der Waals surface area contributed by atoms with Crippen LogP contribution in [-0.2, 0) is 11.2 Å². The molecule has 0 atom stereocenters. The van der Waals surface area contributed by atoms with Gasteiger partial charge in [-0.05, 0) is 19.8 Å². The second-order valence-corrected chi connectivity index (χ2v) is 3.92. The molecule has 17 heavy (non-hydrogen) atoms. The Morgan fingerprint density at radius 3 is 2.88 bits per heavy atom. The number of nitrogens with one attached hydrogen (secondary N) is 1. The Balaban J connectivity index is 1.79. The van der Waals surface area contributed by atoms with Crippen LogP contribution in [0.15, 0.2) is 6.20 Å². The fraction of sp³-hybridized carbons (Fsp3) is 0.692. The summed E-state index contributed by atoms with van der Waals surface area (Å²) in [6, 6.07) is 0. The van der Waals surface area contributed by atoms with Gasteiger partial charge in [-0.25, -0.2) is 0 Å². The van der Waals surface area contributed by atoms with Gasteiger partial charge in [0.1, 0.15) is 0 Å². The first-order chi connectivity index (χ1) is 8.43. The lowest BCUT2D eigenvalue weighted by Crippen LogP contribution is -2.00. The van der Waals surface area contributed by atoms with Crippen molar-refractivity contribution in [2.45, 2.75) is 45.4 Å². The van der Waals surface area contributed by atoms with Crippen molar-refractivity contribution >= 4 is 0 Å². The van der Waals surface area contributed by atoms with Crippen molar-refractivity contribution in [3.05, 3.63) is 11.9 Å². The molecule has 94 valence electrons. The number of unbranched alkanes of at least 4 members (excludes halogenated alkanes) is 4. The molecule has 1 aromatic heterocycles. The third-order valence-corrected chi connectivity index (χ3v) is 2.49. The molecule has 0 fully saturated rings. The van der Waals surface area contributed by atoms with Crippen LogP contribution >= 0.6 is 0 Å². The van der Waals surface area contributed by atoms with Crippen LogP contribution in [0.4, 0.5) is 0 Å². The maximum atomic E-state index is 5.53. The van der Waals surface area contributed by atoms with E-state index in [-0.39, 0.29) is 0 Å². The Hall–Kier alpha value is -1.34. The number of ether oxygens (including phenoxy) is 1. The number of aromatic nitrogens is 3. The van der Waals surface area contributed by atoms with Crippen LogP contribution in [0.5, 0.6) is 0 Å². The Morgan fingerprint density at radius 2 is 2.12 bits per heavy atom. The molecule has 1 aromatic rings. The molecule has 1 rings (SSSR count). The summed E-state index contributed by atoms with van der Waals surface area (Å²) in [5.41, 5.74) is 0.961. The van der Waals surface area contributed by atoms with Gasteiger partial charge in [-0.3, -0.25) is 5.10 Å². The monoisotopic (exact) mass is 235 g/mol. The third kappa shape index (κ3) is 7.53. The lowest BCUT2D eigenvalue weighted by Gasteiger charge is -2.02. The summed E-state index contributed by atoms with van der Waals surface area (Å²) < 4.78 is 5.53. The van der Waals surface area contributed by atoms with E-state index in [1.807, 2.05) is 6.92 Å². The van der Waals surface area contributed by atoms with Gasteiger partial charge in [-0.1, -0.05) is 18.1 Å². The van der Waals surface area contributed by atoms with Gasteiger partial charge in [0, 0.05) is 25.6 Å². The molecule has 4 nitrogen and oxygen atoms in total. The van der Waals surface area contributed by atoms with Gasteiger partial charge in [0.05, 0.1) is 12.3 Å². The summed E-state index contributed by atoms with van der Waals surface area (Å²) in [7, 11) is 0. The molecular weight excluding hydrogens is 214 g/mol. The van der Waals surface area contributed by atoms with Crippen LogP contribution in [0.2, 0.25) is 0 Å². The molecular formula is C13H21N3O. The molecule has 0 unspecified atom stereocenters. The van der Waals surface area contributed by atoms with Crippen molar-refractivity contribution in [3.8, 4) is 11.8 Å². The van der Waals surface area contributed by atoms with Crippen molar-refractivity contribution in [1.82, 2.24) is 15.4 Å². The summed E-state index contributed by atoms with van der Waals surface area (Å²) in [6.45, 7) is 3.47. The number of rotatable bonds is 9. The third-order valence-electron chi connectivity index (χ3n) is 2.49. The molecule has 0 aliphatic heterocycles. The second-order valence-electron chi connectivity index (χ2n) is 3.92. The van der Waals surface area contributed by atoms with Gasteiger partial charge >= 0.3 is 0 Å². The molecule has 4 heteroatoms. The smallest absolute Gasteiger partial charge is 0.0847 e. The van der Waals surface area contributed by atoms with Crippen molar-refractivity contribution < 1.29 is 4.74 Å². The van der Waals surface area contributed by atoms with E-state index in [4.69, 9.17) is 4.74 Å². The summed E-state index contributed by atoms with van der Waals surface area (Å²) in [4.78, 5) is 0. The minimum absolute atomic E-state index is 0.730. The topological polar surface area (TPSA) is 50.8 Å². The highest BCUT2D eigenvalue weighted by atomic mass is 16.5. The molecule has 0 aliphatic carbocycles. The van der Waals surface area contributed by atoms with Crippen LogP contribution in [0, 0.1) is 11.8 Å². The van der Waals surface area contributed by atoms with Crippen LogP contribution in [0.1, 0.15) is 44.7 Å².